The van der Waals surface area contributed by atoms with Crippen LogP contribution in [0.3, 0.4) is 0 Å². The SMILES string of the molecule is [2H]c1c([2H])c([2H])c(-n2c3ccc(-c4ccc5c(c4)c4ccccc4n5-c4cc5c6c(cccc6c4)-c4sc(-c6ccccc6)nc4-5)cc3c3c4ccccc4ccc32)c([2H])c1[2H]. The summed E-state index contributed by atoms with van der Waals surface area (Å²) in [5.74, 6) is 0. The summed E-state index contributed by atoms with van der Waals surface area (Å²) in [6.45, 7) is 0. The summed E-state index contributed by atoms with van der Waals surface area (Å²) < 4.78 is 47.4. The maximum absolute atomic E-state index is 8.94. The Balaban J connectivity index is 1.01. The average Bonchev–Trinajstić information content (AvgIpc) is 4.07. The van der Waals surface area contributed by atoms with Crippen LogP contribution in [0.2, 0.25) is 0 Å². The van der Waals surface area contributed by atoms with Crippen molar-refractivity contribution in [1.82, 2.24) is 14.1 Å². The molecule has 0 bridgehead atoms. The summed E-state index contributed by atoms with van der Waals surface area (Å²) in [4.78, 5) is 6.47. The normalized spacial score (nSPS) is 13.4. The van der Waals surface area contributed by atoms with Crippen molar-refractivity contribution in [3.63, 3.8) is 0 Å². The lowest BCUT2D eigenvalue weighted by Gasteiger charge is -2.12. The zero-order chi connectivity index (χ0) is 41.5. The Kier molecular flexibility index (Phi) is 5.41. The summed E-state index contributed by atoms with van der Waals surface area (Å²) in [6.07, 6.45) is 0. The Hall–Kier alpha value is -7.27. The first-order valence-corrected chi connectivity index (χ1v) is 19.9. The highest BCUT2D eigenvalue weighted by Crippen LogP contribution is 2.52. The molecule has 12 aromatic rings. The van der Waals surface area contributed by atoms with Crippen LogP contribution in [-0.4, -0.2) is 14.1 Å². The monoisotopic (exact) mass is 746 g/mol. The van der Waals surface area contributed by atoms with Crippen molar-refractivity contribution in [3.05, 3.63) is 188 Å². The number of hydrogen-bond acceptors (Lipinski definition) is 2. The van der Waals surface area contributed by atoms with Crippen molar-refractivity contribution in [1.29, 1.82) is 0 Å². The summed E-state index contributed by atoms with van der Waals surface area (Å²) in [5.41, 5.74) is 11.6. The zero-order valence-corrected chi connectivity index (χ0v) is 31.1. The Bertz CT molecular complexity index is 3910. The van der Waals surface area contributed by atoms with Gasteiger partial charge in [0.2, 0.25) is 0 Å². The molecular formula is C53H31N3S. The van der Waals surface area contributed by atoms with E-state index in [9.17, 15) is 0 Å². The van der Waals surface area contributed by atoms with Gasteiger partial charge in [-0.15, -0.1) is 11.3 Å². The molecule has 0 spiro atoms. The standard InChI is InChI=1S/C53H31N3S/c1-3-13-33(14-4-1)53-54-51-44-31-38(28-36-15-11-20-41(49(36)44)52(51)57-53)56-45-21-10-9-19-40(45)42-29-34(23-25-46(42)56)35-24-26-47-43(30-35)50-39-18-8-7-12-32(39)22-27-48(50)55(47)37-16-5-2-6-17-37/h1-31H/i2D,5D,6D,16D,17D. The molecule has 3 nitrogen and oxygen atoms in total. The highest BCUT2D eigenvalue weighted by Gasteiger charge is 2.28. The van der Waals surface area contributed by atoms with E-state index in [4.69, 9.17) is 11.8 Å². The number of rotatable bonds is 4. The van der Waals surface area contributed by atoms with Gasteiger partial charge >= 0.3 is 0 Å². The van der Waals surface area contributed by atoms with Gasteiger partial charge in [0, 0.05) is 49.6 Å². The predicted molar refractivity (Wildman–Crippen MR) is 241 cm³/mol. The number of thiazole rings is 1. The molecule has 0 amide bonds. The third-order valence-corrected chi connectivity index (χ3v) is 12.9. The van der Waals surface area contributed by atoms with Crippen LogP contribution in [0.1, 0.15) is 6.85 Å². The van der Waals surface area contributed by atoms with Crippen molar-refractivity contribution in [2.75, 3.05) is 0 Å². The van der Waals surface area contributed by atoms with Gasteiger partial charge in [-0.05, 0) is 93.3 Å². The first kappa shape index (κ1) is 26.5. The average molecular weight is 747 g/mol. The van der Waals surface area contributed by atoms with Crippen LogP contribution in [0.15, 0.2) is 188 Å². The molecule has 13 rings (SSSR count). The molecule has 3 aromatic heterocycles. The lowest BCUT2D eigenvalue weighted by Crippen LogP contribution is -1.95. The third kappa shape index (κ3) is 4.39. The molecule has 4 heteroatoms. The molecule has 57 heavy (non-hydrogen) atoms. The van der Waals surface area contributed by atoms with Gasteiger partial charge in [-0.1, -0.05) is 127 Å². The molecule has 1 aliphatic rings. The van der Waals surface area contributed by atoms with E-state index in [-0.39, 0.29) is 29.9 Å². The Morgan fingerprint density at radius 3 is 1.98 bits per heavy atom. The van der Waals surface area contributed by atoms with Gasteiger partial charge < -0.3 is 9.13 Å². The minimum Gasteiger partial charge on any atom is -0.309 e. The molecule has 0 fully saturated rings. The van der Waals surface area contributed by atoms with Crippen molar-refractivity contribution >= 4 is 76.5 Å². The molecule has 0 unspecified atom stereocenters. The van der Waals surface area contributed by atoms with Crippen molar-refractivity contribution in [2.24, 2.45) is 0 Å². The first-order chi connectivity index (χ1) is 30.3. The van der Waals surface area contributed by atoms with Gasteiger partial charge in [0.1, 0.15) is 5.01 Å². The summed E-state index contributed by atoms with van der Waals surface area (Å²) in [5, 5.41) is 9.76. The van der Waals surface area contributed by atoms with Gasteiger partial charge in [-0.25, -0.2) is 4.98 Å². The molecule has 0 radical (unpaired) electrons. The van der Waals surface area contributed by atoms with Crippen LogP contribution >= 0.6 is 11.3 Å². The summed E-state index contributed by atoms with van der Waals surface area (Å²) >= 11 is 1.76. The fraction of sp³-hybridized carbons (Fsp3) is 0. The van der Waals surface area contributed by atoms with E-state index in [0.717, 1.165) is 93.0 Å². The number of para-hydroxylation sites is 2. The lowest BCUT2D eigenvalue weighted by atomic mass is 9.99. The highest BCUT2D eigenvalue weighted by molar-refractivity contribution is 7.19. The fourth-order valence-corrected chi connectivity index (χ4v) is 10.4. The van der Waals surface area contributed by atoms with Crippen LogP contribution in [0.4, 0.5) is 0 Å². The second-order valence-corrected chi connectivity index (χ2v) is 15.8. The third-order valence-electron chi connectivity index (χ3n) is 11.7. The summed E-state index contributed by atoms with van der Waals surface area (Å²) in [7, 11) is 0. The number of fused-ring (bicyclic) bond motifs is 11. The number of aromatic nitrogens is 3. The van der Waals surface area contributed by atoms with E-state index in [0.29, 0.717) is 0 Å². The minimum absolute atomic E-state index is 0.138. The maximum Gasteiger partial charge on any atom is 0.124 e. The van der Waals surface area contributed by atoms with E-state index in [2.05, 4.69) is 126 Å². The first-order valence-electron chi connectivity index (χ1n) is 21.5. The molecule has 0 saturated heterocycles. The maximum atomic E-state index is 8.94. The van der Waals surface area contributed by atoms with Crippen molar-refractivity contribution in [2.45, 2.75) is 0 Å². The van der Waals surface area contributed by atoms with E-state index in [1.807, 2.05) is 41.0 Å². The second kappa shape index (κ2) is 11.6. The van der Waals surface area contributed by atoms with E-state index >= 15 is 0 Å². The Morgan fingerprint density at radius 1 is 0.439 bits per heavy atom. The minimum atomic E-state index is -0.408. The van der Waals surface area contributed by atoms with Gasteiger partial charge in [0.05, 0.1) is 39.5 Å². The van der Waals surface area contributed by atoms with Gasteiger partial charge in [0.25, 0.3) is 0 Å². The zero-order valence-electron chi connectivity index (χ0n) is 35.3. The van der Waals surface area contributed by atoms with Crippen molar-refractivity contribution in [3.8, 4) is 54.8 Å². The van der Waals surface area contributed by atoms with Crippen LogP contribution in [0, 0.1) is 0 Å². The molecule has 1 aliphatic carbocycles. The second-order valence-electron chi connectivity index (χ2n) is 14.8. The molecule has 3 heterocycles. The van der Waals surface area contributed by atoms with Gasteiger partial charge in [-0.3, -0.25) is 0 Å². The van der Waals surface area contributed by atoms with Crippen molar-refractivity contribution < 1.29 is 6.85 Å². The largest absolute Gasteiger partial charge is 0.309 e. The molecule has 0 aliphatic heterocycles. The number of benzene rings is 9. The molecule has 0 N–H and O–H groups in total. The molecular weight excluding hydrogens is 711 g/mol. The van der Waals surface area contributed by atoms with Crippen LogP contribution < -0.4 is 0 Å². The van der Waals surface area contributed by atoms with Gasteiger partial charge in [-0.2, -0.15) is 0 Å². The van der Waals surface area contributed by atoms with Crippen LogP contribution in [0.5, 0.6) is 0 Å². The molecule has 264 valence electrons. The predicted octanol–water partition coefficient (Wildman–Crippen LogP) is 14.6. The van der Waals surface area contributed by atoms with Gasteiger partial charge in [0.15, 0.2) is 0 Å². The molecule has 9 aromatic carbocycles. The van der Waals surface area contributed by atoms with E-state index < -0.39 is 6.04 Å². The van der Waals surface area contributed by atoms with E-state index in [1.165, 1.54) is 21.2 Å². The number of hydrogen-bond donors (Lipinski definition) is 0. The molecule has 0 saturated carbocycles. The number of nitrogens with zero attached hydrogens (tertiary/aromatic N) is 3. The highest BCUT2D eigenvalue weighted by atomic mass is 32.1. The summed E-state index contributed by atoms with van der Waals surface area (Å²) in [6, 6.07) is 53.8. The van der Waals surface area contributed by atoms with Crippen LogP contribution in [-0.2, 0) is 0 Å². The fourth-order valence-electron chi connectivity index (χ4n) is 9.30. The van der Waals surface area contributed by atoms with Crippen LogP contribution in [0.25, 0.3) is 120 Å². The topological polar surface area (TPSA) is 22.8 Å². The smallest absolute Gasteiger partial charge is 0.124 e. The molecule has 0 atom stereocenters. The Labute approximate surface area is 339 Å². The Morgan fingerprint density at radius 2 is 1.12 bits per heavy atom. The quantitative estimate of drug-likeness (QED) is 0.176. The van der Waals surface area contributed by atoms with E-state index in [1.54, 1.807) is 11.3 Å². The lowest BCUT2D eigenvalue weighted by molar-refractivity contribution is 1.18.